The molecule has 0 atom stereocenters. The molecule has 0 saturated carbocycles. The van der Waals surface area contributed by atoms with Gasteiger partial charge in [-0.3, -0.25) is 4.90 Å². The first-order valence-electron chi connectivity index (χ1n) is 9.12. The molecule has 0 saturated heterocycles. The van der Waals surface area contributed by atoms with Gasteiger partial charge in [0.25, 0.3) is 0 Å². The number of fused-ring (bicyclic) bond motifs is 2. The molecule has 4 rings (SSSR count). The molecular formula is C20H21F3N4S. The molecule has 0 aliphatic carbocycles. The molecular weight excluding hydrogens is 385 g/mol. The second-order valence-corrected chi connectivity index (χ2v) is 8.55. The van der Waals surface area contributed by atoms with E-state index in [1.807, 2.05) is 6.07 Å². The van der Waals surface area contributed by atoms with Crippen LogP contribution in [0, 0.1) is 0 Å². The minimum atomic E-state index is -4.57. The molecule has 0 fully saturated rings. The number of aromatic nitrogens is 2. The molecule has 1 N–H and O–H groups in total. The third-order valence-electron chi connectivity index (χ3n) is 5.23. The van der Waals surface area contributed by atoms with Gasteiger partial charge in [-0.1, -0.05) is 24.3 Å². The highest BCUT2D eigenvalue weighted by Crippen LogP contribution is 2.33. The van der Waals surface area contributed by atoms with Crippen molar-refractivity contribution in [1.82, 2.24) is 14.9 Å². The average Bonchev–Trinajstić information content (AvgIpc) is 3.14. The molecule has 0 spiro atoms. The summed E-state index contributed by atoms with van der Waals surface area (Å²) >= 11 is 1.34. The van der Waals surface area contributed by atoms with E-state index >= 15 is 0 Å². The fourth-order valence-electron chi connectivity index (χ4n) is 3.53. The van der Waals surface area contributed by atoms with Gasteiger partial charge >= 0.3 is 6.18 Å². The van der Waals surface area contributed by atoms with E-state index in [0.717, 1.165) is 19.5 Å². The fourth-order valence-corrected chi connectivity index (χ4v) is 4.33. The lowest BCUT2D eigenvalue weighted by Gasteiger charge is -2.41. The summed E-state index contributed by atoms with van der Waals surface area (Å²) in [6.45, 7) is 6.43. The SMILES string of the molecule is CC(C)(CNc1nc(C(F)(F)F)nc2ccsc12)N1CCc2ccccc2C1. The zero-order valence-electron chi connectivity index (χ0n) is 15.7. The first-order chi connectivity index (χ1) is 13.2. The lowest BCUT2D eigenvalue weighted by atomic mass is 9.94. The van der Waals surface area contributed by atoms with E-state index in [4.69, 9.17) is 0 Å². The number of nitrogens with one attached hydrogen (secondary N) is 1. The number of benzene rings is 1. The minimum Gasteiger partial charge on any atom is -0.367 e. The summed E-state index contributed by atoms with van der Waals surface area (Å²) in [5.74, 6) is -0.858. The quantitative estimate of drug-likeness (QED) is 0.665. The average molecular weight is 406 g/mol. The topological polar surface area (TPSA) is 41.1 Å². The summed E-state index contributed by atoms with van der Waals surface area (Å²) in [6, 6.07) is 9.99. The van der Waals surface area contributed by atoms with Crippen LogP contribution in [-0.2, 0) is 19.1 Å². The highest BCUT2D eigenvalue weighted by Gasteiger charge is 2.36. The van der Waals surface area contributed by atoms with Crippen LogP contribution in [0.2, 0.25) is 0 Å². The largest absolute Gasteiger partial charge is 0.451 e. The molecule has 1 aliphatic rings. The predicted octanol–water partition coefficient (Wildman–Crippen LogP) is 4.96. The van der Waals surface area contributed by atoms with Crippen LogP contribution in [0.5, 0.6) is 0 Å². The van der Waals surface area contributed by atoms with Gasteiger partial charge in [0.15, 0.2) is 0 Å². The first-order valence-corrected chi connectivity index (χ1v) is 10.0. The Morgan fingerprint density at radius 3 is 2.61 bits per heavy atom. The Morgan fingerprint density at radius 1 is 1.11 bits per heavy atom. The van der Waals surface area contributed by atoms with Crippen molar-refractivity contribution in [1.29, 1.82) is 0 Å². The lowest BCUT2D eigenvalue weighted by Crippen LogP contribution is -2.50. The monoisotopic (exact) mass is 406 g/mol. The molecule has 148 valence electrons. The Bertz CT molecular complexity index is 997. The van der Waals surface area contributed by atoms with E-state index in [-0.39, 0.29) is 11.4 Å². The third-order valence-corrected chi connectivity index (χ3v) is 6.14. The second kappa shape index (κ2) is 7.00. The van der Waals surface area contributed by atoms with E-state index in [2.05, 4.69) is 52.2 Å². The van der Waals surface area contributed by atoms with Crippen molar-refractivity contribution in [3.05, 3.63) is 52.7 Å². The zero-order valence-corrected chi connectivity index (χ0v) is 16.5. The third kappa shape index (κ3) is 3.71. The van der Waals surface area contributed by atoms with Crippen LogP contribution in [0.25, 0.3) is 10.2 Å². The van der Waals surface area contributed by atoms with Crippen molar-refractivity contribution in [2.75, 3.05) is 18.4 Å². The summed E-state index contributed by atoms with van der Waals surface area (Å²) < 4.78 is 40.1. The van der Waals surface area contributed by atoms with Crippen molar-refractivity contribution in [3.63, 3.8) is 0 Å². The normalized spacial score (nSPS) is 15.6. The molecule has 0 bridgehead atoms. The summed E-state index contributed by atoms with van der Waals surface area (Å²) in [6.07, 6.45) is -3.60. The molecule has 1 aliphatic heterocycles. The maximum absolute atomic E-state index is 13.2. The summed E-state index contributed by atoms with van der Waals surface area (Å²) in [7, 11) is 0. The molecule has 2 aromatic heterocycles. The van der Waals surface area contributed by atoms with Gasteiger partial charge in [-0.15, -0.1) is 11.3 Å². The van der Waals surface area contributed by atoms with E-state index < -0.39 is 12.0 Å². The molecule has 0 radical (unpaired) electrons. The van der Waals surface area contributed by atoms with Gasteiger partial charge < -0.3 is 5.32 Å². The predicted molar refractivity (Wildman–Crippen MR) is 106 cm³/mol. The van der Waals surface area contributed by atoms with Gasteiger partial charge in [0, 0.05) is 25.2 Å². The standard InChI is InChI=1S/C20H21F3N4S/c1-19(2,27-9-7-13-5-3-4-6-14(13)11-27)12-24-17-16-15(8-10-28-16)25-18(26-17)20(21,22)23/h3-6,8,10H,7,9,11-12H2,1-2H3,(H,24,25,26). The van der Waals surface area contributed by atoms with Crippen LogP contribution in [0.3, 0.4) is 0 Å². The zero-order chi connectivity index (χ0) is 19.9. The number of thiophene rings is 1. The Kier molecular flexibility index (Phi) is 4.79. The van der Waals surface area contributed by atoms with Gasteiger partial charge in [0.05, 0.1) is 10.2 Å². The van der Waals surface area contributed by atoms with Gasteiger partial charge in [0.1, 0.15) is 5.82 Å². The Hall–Kier alpha value is -2.19. The van der Waals surface area contributed by atoms with Crippen LogP contribution in [0.1, 0.15) is 30.8 Å². The number of nitrogens with zero attached hydrogens (tertiary/aromatic N) is 3. The van der Waals surface area contributed by atoms with Gasteiger partial charge in [-0.25, -0.2) is 9.97 Å². The maximum atomic E-state index is 13.2. The lowest BCUT2D eigenvalue weighted by molar-refractivity contribution is -0.144. The van der Waals surface area contributed by atoms with E-state index in [1.54, 1.807) is 11.4 Å². The molecule has 8 heteroatoms. The number of alkyl halides is 3. The minimum absolute atomic E-state index is 0.248. The van der Waals surface area contributed by atoms with Crippen molar-refractivity contribution < 1.29 is 13.2 Å². The molecule has 1 aromatic carbocycles. The first kappa shape index (κ1) is 19.1. The molecule has 3 heterocycles. The maximum Gasteiger partial charge on any atom is 0.451 e. The summed E-state index contributed by atoms with van der Waals surface area (Å²) in [5.41, 5.74) is 2.75. The van der Waals surface area contributed by atoms with Gasteiger partial charge in [-0.2, -0.15) is 13.2 Å². The van der Waals surface area contributed by atoms with E-state index in [9.17, 15) is 13.2 Å². The molecule has 28 heavy (non-hydrogen) atoms. The van der Waals surface area contributed by atoms with Crippen LogP contribution < -0.4 is 5.32 Å². The van der Waals surface area contributed by atoms with Crippen molar-refractivity contribution in [2.24, 2.45) is 0 Å². The second-order valence-electron chi connectivity index (χ2n) is 7.63. The van der Waals surface area contributed by atoms with Crippen molar-refractivity contribution in [2.45, 2.75) is 38.5 Å². The Balaban J connectivity index is 1.55. The van der Waals surface area contributed by atoms with Crippen molar-refractivity contribution in [3.8, 4) is 0 Å². The number of halogens is 3. The van der Waals surface area contributed by atoms with Crippen LogP contribution in [-0.4, -0.2) is 33.5 Å². The Morgan fingerprint density at radius 2 is 1.86 bits per heavy atom. The molecule has 0 unspecified atom stereocenters. The summed E-state index contributed by atoms with van der Waals surface area (Å²) in [4.78, 5) is 9.78. The summed E-state index contributed by atoms with van der Waals surface area (Å²) in [5, 5.41) is 4.90. The van der Waals surface area contributed by atoms with Crippen LogP contribution in [0.15, 0.2) is 35.7 Å². The number of hydrogen-bond donors (Lipinski definition) is 1. The molecule has 4 nitrogen and oxygen atoms in total. The number of anilines is 1. The Labute approximate surface area is 165 Å². The molecule has 3 aromatic rings. The van der Waals surface area contributed by atoms with Gasteiger partial charge in [0.2, 0.25) is 5.82 Å². The van der Waals surface area contributed by atoms with Gasteiger partial charge in [-0.05, 0) is 42.8 Å². The molecule has 0 amide bonds. The highest BCUT2D eigenvalue weighted by atomic mass is 32.1. The van der Waals surface area contributed by atoms with Crippen molar-refractivity contribution >= 4 is 27.4 Å². The number of rotatable bonds is 4. The van der Waals surface area contributed by atoms with E-state index in [1.165, 1.54) is 22.5 Å². The van der Waals surface area contributed by atoms with Crippen LogP contribution in [0.4, 0.5) is 19.0 Å². The highest BCUT2D eigenvalue weighted by molar-refractivity contribution is 7.17. The van der Waals surface area contributed by atoms with Crippen LogP contribution >= 0.6 is 11.3 Å². The fraction of sp³-hybridized carbons (Fsp3) is 0.400. The smallest absolute Gasteiger partial charge is 0.367 e. The number of hydrogen-bond acceptors (Lipinski definition) is 5. The van der Waals surface area contributed by atoms with E-state index in [0.29, 0.717) is 16.8 Å².